The Morgan fingerprint density at radius 3 is 2.45 bits per heavy atom. The normalized spacial score (nSPS) is 19.1. The van der Waals surface area contributed by atoms with Crippen molar-refractivity contribution in [3.05, 3.63) is 59.9 Å². The number of hydrogen-bond acceptors (Lipinski definition) is 4. The van der Waals surface area contributed by atoms with Crippen LogP contribution in [0.3, 0.4) is 0 Å². The van der Waals surface area contributed by atoms with Gasteiger partial charge in [-0.25, -0.2) is 4.39 Å². The molecule has 0 bridgehead atoms. The van der Waals surface area contributed by atoms with Crippen molar-refractivity contribution in [3.63, 3.8) is 0 Å². The molecule has 7 nitrogen and oxygen atoms in total. The average molecular weight is 396 g/mol. The maximum Gasteiger partial charge on any atom is 0.254 e. The average Bonchev–Trinajstić information content (AvgIpc) is 2.85. The van der Waals surface area contributed by atoms with E-state index in [1.807, 2.05) is 4.90 Å². The first-order valence-electron chi connectivity index (χ1n) is 9.51. The lowest BCUT2D eigenvalue weighted by Crippen LogP contribution is -2.51. The second-order valence-electron chi connectivity index (χ2n) is 7.08. The number of piperazine rings is 1. The van der Waals surface area contributed by atoms with Crippen LogP contribution >= 0.6 is 0 Å². The Labute approximate surface area is 167 Å². The summed E-state index contributed by atoms with van der Waals surface area (Å²) in [5.41, 5.74) is 1.32. The third-order valence-electron chi connectivity index (χ3n) is 5.26. The molecule has 2 N–H and O–H groups in total. The second kappa shape index (κ2) is 7.90. The molecule has 3 amide bonds. The molecule has 2 aromatic carbocycles. The van der Waals surface area contributed by atoms with Crippen LogP contribution < -0.4 is 15.5 Å². The molecule has 2 aromatic rings. The van der Waals surface area contributed by atoms with Gasteiger partial charge in [-0.3, -0.25) is 14.4 Å². The van der Waals surface area contributed by atoms with Crippen molar-refractivity contribution >= 4 is 29.1 Å². The Hall–Kier alpha value is -3.42. The maximum atomic E-state index is 14.0. The summed E-state index contributed by atoms with van der Waals surface area (Å²) in [6.45, 7) is 1.86. The predicted molar refractivity (Wildman–Crippen MR) is 106 cm³/mol. The third kappa shape index (κ3) is 3.91. The molecule has 8 heteroatoms. The van der Waals surface area contributed by atoms with Crippen molar-refractivity contribution in [1.82, 2.24) is 10.2 Å². The zero-order valence-corrected chi connectivity index (χ0v) is 15.7. The molecule has 0 aliphatic carbocycles. The molecule has 4 rings (SSSR count). The van der Waals surface area contributed by atoms with Gasteiger partial charge in [0, 0.05) is 26.2 Å². The number of para-hydroxylation sites is 2. The first kappa shape index (κ1) is 18.9. The number of fused-ring (bicyclic) bond motifs is 1. The molecule has 0 saturated carbocycles. The standard InChI is InChI=1S/C21H21FN4O3/c22-15-6-2-4-8-18(15)25-9-11-26(12-10-25)19(27)13-17-21(29)23-16-7-3-1-5-14(16)20(28)24-17/h1-8,17H,9-13H2,(H,23,29)(H,24,28)/t17-/m0/s1. The van der Waals surface area contributed by atoms with Crippen molar-refractivity contribution in [2.75, 3.05) is 36.4 Å². The molecule has 1 saturated heterocycles. The summed E-state index contributed by atoms with van der Waals surface area (Å²) < 4.78 is 14.0. The SMILES string of the molecule is O=C1N[C@@H](CC(=O)N2CCN(c3ccccc3F)CC2)C(=O)Nc2ccccc21. The Morgan fingerprint density at radius 2 is 1.69 bits per heavy atom. The monoisotopic (exact) mass is 396 g/mol. The molecular weight excluding hydrogens is 375 g/mol. The van der Waals surface area contributed by atoms with Gasteiger partial charge in [0.2, 0.25) is 11.8 Å². The Morgan fingerprint density at radius 1 is 1.00 bits per heavy atom. The number of halogens is 1. The van der Waals surface area contributed by atoms with E-state index in [1.165, 1.54) is 6.07 Å². The highest BCUT2D eigenvalue weighted by Gasteiger charge is 2.31. The van der Waals surface area contributed by atoms with E-state index >= 15 is 0 Å². The summed E-state index contributed by atoms with van der Waals surface area (Å²) in [5.74, 6) is -1.31. The van der Waals surface area contributed by atoms with E-state index in [0.29, 0.717) is 43.1 Å². The molecule has 0 aromatic heterocycles. The van der Waals surface area contributed by atoms with Crippen molar-refractivity contribution in [2.24, 2.45) is 0 Å². The first-order valence-corrected chi connectivity index (χ1v) is 9.51. The number of nitrogens with zero attached hydrogens (tertiary/aromatic N) is 2. The summed E-state index contributed by atoms with van der Waals surface area (Å²) in [7, 11) is 0. The predicted octanol–water partition coefficient (Wildman–Crippen LogP) is 1.62. The molecule has 0 unspecified atom stereocenters. The summed E-state index contributed by atoms with van der Waals surface area (Å²) in [6, 6.07) is 12.3. The van der Waals surface area contributed by atoms with E-state index in [4.69, 9.17) is 0 Å². The van der Waals surface area contributed by atoms with E-state index in [2.05, 4.69) is 10.6 Å². The number of carbonyl (C=O) groups is 3. The smallest absolute Gasteiger partial charge is 0.254 e. The Balaban J connectivity index is 1.37. The topological polar surface area (TPSA) is 81.8 Å². The van der Waals surface area contributed by atoms with Crippen LogP contribution in [0.25, 0.3) is 0 Å². The molecule has 2 aliphatic heterocycles. The van der Waals surface area contributed by atoms with Gasteiger partial charge in [-0.15, -0.1) is 0 Å². The molecule has 2 aliphatic rings. The summed E-state index contributed by atoms with van der Waals surface area (Å²) in [6.07, 6.45) is -0.120. The molecule has 1 atom stereocenters. The molecule has 0 radical (unpaired) electrons. The molecule has 29 heavy (non-hydrogen) atoms. The van der Waals surface area contributed by atoms with Crippen LogP contribution in [-0.2, 0) is 9.59 Å². The van der Waals surface area contributed by atoms with Crippen molar-refractivity contribution in [3.8, 4) is 0 Å². The van der Waals surface area contributed by atoms with Crippen molar-refractivity contribution in [1.29, 1.82) is 0 Å². The van der Waals surface area contributed by atoms with E-state index in [1.54, 1.807) is 47.4 Å². The number of anilines is 2. The van der Waals surface area contributed by atoms with Gasteiger partial charge in [-0.2, -0.15) is 0 Å². The number of carbonyl (C=O) groups excluding carboxylic acids is 3. The summed E-state index contributed by atoms with van der Waals surface area (Å²) in [4.78, 5) is 41.1. The number of amides is 3. The maximum absolute atomic E-state index is 14.0. The lowest BCUT2D eigenvalue weighted by molar-refractivity contribution is -0.134. The lowest BCUT2D eigenvalue weighted by atomic mass is 10.1. The van der Waals surface area contributed by atoms with Gasteiger partial charge in [0.15, 0.2) is 0 Å². The van der Waals surface area contributed by atoms with E-state index in [9.17, 15) is 18.8 Å². The van der Waals surface area contributed by atoms with E-state index in [-0.39, 0.29) is 24.1 Å². The van der Waals surface area contributed by atoms with Gasteiger partial charge >= 0.3 is 0 Å². The molecule has 0 spiro atoms. The van der Waals surface area contributed by atoms with E-state index in [0.717, 1.165) is 0 Å². The second-order valence-corrected chi connectivity index (χ2v) is 7.08. The van der Waals surface area contributed by atoms with Crippen LogP contribution in [0.1, 0.15) is 16.8 Å². The van der Waals surface area contributed by atoms with Crippen LogP contribution in [-0.4, -0.2) is 54.8 Å². The fourth-order valence-electron chi connectivity index (χ4n) is 3.66. The van der Waals surface area contributed by atoms with Gasteiger partial charge in [0.25, 0.3) is 5.91 Å². The largest absolute Gasteiger partial charge is 0.366 e. The number of rotatable bonds is 3. The fourth-order valence-corrected chi connectivity index (χ4v) is 3.66. The van der Waals surface area contributed by atoms with Crippen LogP contribution in [0.4, 0.5) is 15.8 Å². The fraction of sp³-hybridized carbons (Fsp3) is 0.286. The number of nitrogens with one attached hydrogen (secondary N) is 2. The van der Waals surface area contributed by atoms with Crippen LogP contribution in [0, 0.1) is 5.82 Å². The van der Waals surface area contributed by atoms with E-state index < -0.39 is 11.9 Å². The quantitative estimate of drug-likeness (QED) is 0.826. The van der Waals surface area contributed by atoms with Crippen molar-refractivity contribution in [2.45, 2.75) is 12.5 Å². The van der Waals surface area contributed by atoms with Gasteiger partial charge in [0.05, 0.1) is 23.4 Å². The highest BCUT2D eigenvalue weighted by atomic mass is 19.1. The molecule has 2 heterocycles. The first-order chi connectivity index (χ1) is 14.0. The minimum atomic E-state index is -0.938. The number of hydrogen-bond donors (Lipinski definition) is 2. The molecule has 1 fully saturated rings. The highest BCUT2D eigenvalue weighted by Crippen LogP contribution is 2.21. The van der Waals surface area contributed by atoms with Gasteiger partial charge in [0.1, 0.15) is 11.9 Å². The molecule has 150 valence electrons. The van der Waals surface area contributed by atoms with Crippen LogP contribution in [0.15, 0.2) is 48.5 Å². The Bertz CT molecular complexity index is 956. The van der Waals surface area contributed by atoms with Gasteiger partial charge in [-0.05, 0) is 24.3 Å². The van der Waals surface area contributed by atoms with Gasteiger partial charge in [-0.1, -0.05) is 24.3 Å². The summed E-state index contributed by atoms with van der Waals surface area (Å²) in [5, 5.41) is 5.34. The lowest BCUT2D eigenvalue weighted by Gasteiger charge is -2.36. The Kier molecular flexibility index (Phi) is 5.16. The highest BCUT2D eigenvalue weighted by molar-refractivity contribution is 6.10. The van der Waals surface area contributed by atoms with Crippen molar-refractivity contribution < 1.29 is 18.8 Å². The summed E-state index contributed by atoms with van der Waals surface area (Å²) >= 11 is 0. The molecular formula is C21H21FN4O3. The zero-order valence-electron chi connectivity index (χ0n) is 15.7. The van der Waals surface area contributed by atoms with Crippen LogP contribution in [0.2, 0.25) is 0 Å². The zero-order chi connectivity index (χ0) is 20.4. The minimum Gasteiger partial charge on any atom is -0.366 e. The van der Waals surface area contributed by atoms with Crippen LogP contribution in [0.5, 0.6) is 0 Å². The van der Waals surface area contributed by atoms with Gasteiger partial charge < -0.3 is 20.4 Å². The number of benzene rings is 2. The minimum absolute atomic E-state index is 0.120. The third-order valence-corrected chi connectivity index (χ3v) is 5.26.